The van der Waals surface area contributed by atoms with Gasteiger partial charge in [0.25, 0.3) is 0 Å². The Morgan fingerprint density at radius 2 is 2.24 bits per heavy atom. The Kier molecular flexibility index (Phi) is 1.71. The van der Waals surface area contributed by atoms with Gasteiger partial charge in [-0.3, -0.25) is 0 Å². The quantitative estimate of drug-likeness (QED) is 0.728. The predicted octanol–water partition coefficient (Wildman–Crippen LogP) is 3.21. The third-order valence-corrected chi connectivity index (χ3v) is 4.37. The molecule has 0 N–H and O–H groups in total. The van der Waals surface area contributed by atoms with Gasteiger partial charge in [0, 0.05) is 29.1 Å². The van der Waals surface area contributed by atoms with Gasteiger partial charge >= 0.3 is 0 Å². The van der Waals surface area contributed by atoms with E-state index in [-0.39, 0.29) is 0 Å². The van der Waals surface area contributed by atoms with Crippen molar-refractivity contribution in [2.75, 3.05) is 0 Å². The minimum atomic E-state index is 0.562. The van der Waals surface area contributed by atoms with E-state index >= 15 is 0 Å². The number of nitriles is 1. The van der Waals surface area contributed by atoms with Crippen LogP contribution >= 0.6 is 0 Å². The first-order valence-corrected chi connectivity index (χ1v) is 6.37. The lowest BCUT2D eigenvalue weighted by atomic mass is 10.0. The van der Waals surface area contributed by atoms with Crippen molar-refractivity contribution in [2.45, 2.75) is 31.7 Å². The predicted molar refractivity (Wildman–Crippen MR) is 66.7 cm³/mol. The van der Waals surface area contributed by atoms with Crippen LogP contribution in [0.3, 0.4) is 0 Å². The molecule has 17 heavy (non-hydrogen) atoms. The zero-order valence-electron chi connectivity index (χ0n) is 9.69. The molecule has 2 nitrogen and oxygen atoms in total. The number of aryl methyl sites for hydroxylation is 1. The maximum Gasteiger partial charge on any atom is 0.0670 e. The lowest BCUT2D eigenvalue weighted by molar-refractivity contribution is 0.535. The molecular formula is C15H14N2. The van der Waals surface area contributed by atoms with Crippen LogP contribution in [0, 0.1) is 17.2 Å². The summed E-state index contributed by atoms with van der Waals surface area (Å²) in [6.45, 7) is 1.14. The minimum Gasteiger partial charge on any atom is -0.344 e. The molecule has 2 aromatic rings. The molecule has 0 spiro atoms. The Hall–Kier alpha value is -1.75. The SMILES string of the molecule is N#CCc1c2n(c3ccccc13)CCC1CC21. The van der Waals surface area contributed by atoms with Gasteiger partial charge in [0.15, 0.2) is 0 Å². The molecule has 2 atom stereocenters. The standard InChI is InChI=1S/C15H14N2/c16-7-5-12-11-3-1-2-4-14(11)17-8-6-10-9-13(10)15(12)17/h1-4,10,13H,5-6,8-9H2. The second-order valence-electron chi connectivity index (χ2n) is 5.26. The summed E-state index contributed by atoms with van der Waals surface area (Å²) in [6.07, 6.45) is 3.23. The molecule has 1 aromatic carbocycles. The fourth-order valence-corrected chi connectivity index (χ4v) is 3.52. The molecule has 1 aliphatic carbocycles. The second kappa shape index (κ2) is 3.13. The van der Waals surface area contributed by atoms with E-state index < -0.39 is 0 Å². The van der Waals surface area contributed by atoms with Gasteiger partial charge in [0.05, 0.1) is 12.5 Å². The van der Waals surface area contributed by atoms with E-state index in [4.69, 9.17) is 5.26 Å². The van der Waals surface area contributed by atoms with Crippen LogP contribution < -0.4 is 0 Å². The summed E-state index contributed by atoms with van der Waals surface area (Å²) in [5.41, 5.74) is 4.11. The van der Waals surface area contributed by atoms with Crippen molar-refractivity contribution in [3.8, 4) is 6.07 Å². The molecule has 2 heterocycles. The summed E-state index contributed by atoms with van der Waals surface area (Å²) < 4.78 is 2.47. The van der Waals surface area contributed by atoms with Gasteiger partial charge in [-0.15, -0.1) is 0 Å². The highest BCUT2D eigenvalue weighted by Gasteiger charge is 2.44. The molecule has 1 aliphatic heterocycles. The lowest BCUT2D eigenvalue weighted by Gasteiger charge is -2.16. The number of benzene rings is 1. The first-order chi connectivity index (χ1) is 8.40. The van der Waals surface area contributed by atoms with Crippen LogP contribution in [0.15, 0.2) is 24.3 Å². The van der Waals surface area contributed by atoms with Gasteiger partial charge in [-0.25, -0.2) is 0 Å². The number of rotatable bonds is 1. The molecular weight excluding hydrogens is 208 g/mol. The van der Waals surface area contributed by atoms with Crippen molar-refractivity contribution < 1.29 is 0 Å². The molecule has 0 saturated heterocycles. The Balaban J connectivity index is 2.07. The Morgan fingerprint density at radius 3 is 3.12 bits per heavy atom. The van der Waals surface area contributed by atoms with Crippen molar-refractivity contribution in [2.24, 2.45) is 5.92 Å². The summed E-state index contributed by atoms with van der Waals surface area (Å²) in [6, 6.07) is 10.9. The highest BCUT2D eigenvalue weighted by atomic mass is 15.0. The minimum absolute atomic E-state index is 0.562. The van der Waals surface area contributed by atoms with Gasteiger partial charge in [-0.1, -0.05) is 18.2 Å². The molecule has 0 radical (unpaired) electrons. The van der Waals surface area contributed by atoms with Gasteiger partial charge < -0.3 is 4.57 Å². The zero-order chi connectivity index (χ0) is 11.4. The molecule has 2 heteroatoms. The molecule has 2 unspecified atom stereocenters. The summed E-state index contributed by atoms with van der Waals surface area (Å²) in [5, 5.41) is 10.3. The van der Waals surface area contributed by atoms with Crippen LogP contribution in [-0.4, -0.2) is 4.57 Å². The summed E-state index contributed by atoms with van der Waals surface area (Å²) in [7, 11) is 0. The van der Waals surface area contributed by atoms with Gasteiger partial charge in [-0.05, 0) is 30.4 Å². The van der Waals surface area contributed by atoms with E-state index in [1.807, 2.05) is 0 Å². The van der Waals surface area contributed by atoms with Crippen LogP contribution in [0.5, 0.6) is 0 Å². The average molecular weight is 222 g/mol. The van der Waals surface area contributed by atoms with Gasteiger partial charge in [-0.2, -0.15) is 5.26 Å². The Bertz CT molecular complexity index is 645. The van der Waals surface area contributed by atoms with Crippen LogP contribution in [0.4, 0.5) is 0 Å². The number of hydrogen-bond donors (Lipinski definition) is 0. The molecule has 0 bridgehead atoms. The lowest BCUT2D eigenvalue weighted by Crippen LogP contribution is -2.09. The maximum absolute atomic E-state index is 9.04. The molecule has 1 saturated carbocycles. The van der Waals surface area contributed by atoms with E-state index in [1.165, 1.54) is 35.0 Å². The number of hydrogen-bond acceptors (Lipinski definition) is 1. The highest BCUT2D eigenvalue weighted by molar-refractivity contribution is 5.86. The third kappa shape index (κ3) is 1.14. The largest absolute Gasteiger partial charge is 0.344 e. The van der Waals surface area contributed by atoms with Crippen molar-refractivity contribution in [3.05, 3.63) is 35.5 Å². The van der Waals surface area contributed by atoms with Crippen LogP contribution in [0.25, 0.3) is 10.9 Å². The number of fused-ring (bicyclic) bond motifs is 5. The molecule has 2 aliphatic rings. The van der Waals surface area contributed by atoms with Crippen LogP contribution in [0.1, 0.15) is 30.0 Å². The van der Waals surface area contributed by atoms with Crippen molar-refractivity contribution in [1.29, 1.82) is 5.26 Å². The van der Waals surface area contributed by atoms with Crippen molar-refractivity contribution in [1.82, 2.24) is 4.57 Å². The number of aromatic nitrogens is 1. The van der Waals surface area contributed by atoms with Crippen LogP contribution in [0.2, 0.25) is 0 Å². The molecule has 1 aromatic heterocycles. The van der Waals surface area contributed by atoms with E-state index in [0.717, 1.165) is 18.4 Å². The van der Waals surface area contributed by atoms with Crippen molar-refractivity contribution >= 4 is 10.9 Å². The monoisotopic (exact) mass is 222 g/mol. The fraction of sp³-hybridized carbons (Fsp3) is 0.400. The van der Waals surface area contributed by atoms with Crippen LogP contribution in [-0.2, 0) is 13.0 Å². The van der Waals surface area contributed by atoms with Gasteiger partial charge in [0.2, 0.25) is 0 Å². The maximum atomic E-state index is 9.04. The summed E-state index contributed by atoms with van der Waals surface area (Å²) >= 11 is 0. The summed E-state index contributed by atoms with van der Waals surface area (Å²) in [4.78, 5) is 0. The van der Waals surface area contributed by atoms with E-state index in [0.29, 0.717) is 6.42 Å². The fourth-order valence-electron chi connectivity index (χ4n) is 3.52. The first-order valence-electron chi connectivity index (χ1n) is 6.37. The van der Waals surface area contributed by atoms with E-state index in [2.05, 4.69) is 34.9 Å². The Morgan fingerprint density at radius 1 is 1.35 bits per heavy atom. The highest BCUT2D eigenvalue weighted by Crippen LogP contribution is 2.55. The Labute approximate surface area is 100 Å². The molecule has 1 fully saturated rings. The molecule has 4 rings (SSSR count). The molecule has 84 valence electrons. The first kappa shape index (κ1) is 9.30. The normalized spacial score (nSPS) is 25.1. The number of para-hydroxylation sites is 1. The second-order valence-corrected chi connectivity index (χ2v) is 5.26. The number of nitrogens with zero attached hydrogens (tertiary/aromatic N) is 2. The summed E-state index contributed by atoms with van der Waals surface area (Å²) in [5.74, 6) is 1.66. The van der Waals surface area contributed by atoms with Gasteiger partial charge in [0.1, 0.15) is 0 Å². The smallest absolute Gasteiger partial charge is 0.0670 e. The zero-order valence-corrected chi connectivity index (χ0v) is 9.69. The topological polar surface area (TPSA) is 28.7 Å². The van der Waals surface area contributed by atoms with E-state index in [9.17, 15) is 0 Å². The third-order valence-electron chi connectivity index (χ3n) is 4.37. The van der Waals surface area contributed by atoms with Crippen molar-refractivity contribution in [3.63, 3.8) is 0 Å². The average Bonchev–Trinajstić information content (AvgIpc) is 3.09. The van der Waals surface area contributed by atoms with E-state index in [1.54, 1.807) is 0 Å². The molecule has 0 amide bonds.